The summed E-state index contributed by atoms with van der Waals surface area (Å²) < 4.78 is 15.2. The van der Waals surface area contributed by atoms with Crippen molar-refractivity contribution >= 4 is 17.8 Å². The first kappa shape index (κ1) is 16.6. The van der Waals surface area contributed by atoms with Gasteiger partial charge in [0.2, 0.25) is 6.79 Å². The first-order valence-corrected chi connectivity index (χ1v) is 7.16. The van der Waals surface area contributed by atoms with Crippen LogP contribution in [0.2, 0.25) is 0 Å². The zero-order chi connectivity index (χ0) is 16.8. The zero-order valence-corrected chi connectivity index (χ0v) is 12.9. The first-order valence-electron chi connectivity index (χ1n) is 7.16. The van der Waals surface area contributed by atoms with E-state index in [9.17, 15) is 14.4 Å². The molecule has 2 N–H and O–H groups in total. The number of ether oxygens (including phenoxy) is 3. The van der Waals surface area contributed by atoms with E-state index in [4.69, 9.17) is 14.2 Å². The molecule has 0 fully saturated rings. The lowest BCUT2D eigenvalue weighted by molar-refractivity contribution is -0.153. The van der Waals surface area contributed by atoms with Gasteiger partial charge in [-0.1, -0.05) is 0 Å². The third kappa shape index (κ3) is 4.35. The molecule has 1 aromatic rings. The van der Waals surface area contributed by atoms with Crippen molar-refractivity contribution in [1.29, 1.82) is 0 Å². The molecule has 0 aromatic heterocycles. The highest BCUT2D eigenvalue weighted by atomic mass is 16.7. The fourth-order valence-electron chi connectivity index (χ4n) is 1.90. The quantitative estimate of drug-likeness (QED) is 0.726. The Morgan fingerprint density at radius 3 is 2.70 bits per heavy atom. The molecular formula is C15H18N2O6. The molecule has 23 heavy (non-hydrogen) atoms. The van der Waals surface area contributed by atoms with Crippen molar-refractivity contribution in [2.45, 2.75) is 20.0 Å². The fraction of sp³-hybridized carbons (Fsp3) is 0.400. The fourth-order valence-corrected chi connectivity index (χ4v) is 1.90. The molecule has 124 valence electrons. The topological polar surface area (TPSA) is 103 Å². The van der Waals surface area contributed by atoms with Crippen molar-refractivity contribution in [1.82, 2.24) is 10.6 Å². The molecule has 2 amide bonds. The molecule has 0 saturated carbocycles. The molecule has 0 spiro atoms. The monoisotopic (exact) mass is 322 g/mol. The molecule has 8 nitrogen and oxygen atoms in total. The maximum atomic E-state index is 12.0. The van der Waals surface area contributed by atoms with Gasteiger partial charge in [0, 0.05) is 12.1 Å². The lowest BCUT2D eigenvalue weighted by Crippen LogP contribution is -2.38. The molecule has 2 rings (SSSR count). The predicted octanol–water partition coefficient (Wildman–Crippen LogP) is 0.213. The Bertz CT molecular complexity index is 616. The zero-order valence-electron chi connectivity index (χ0n) is 12.9. The summed E-state index contributed by atoms with van der Waals surface area (Å²) in [5.41, 5.74) is 0.332. The highest BCUT2D eigenvalue weighted by molar-refractivity contribution is 5.96. The van der Waals surface area contributed by atoms with Crippen molar-refractivity contribution in [3.8, 4) is 11.5 Å². The van der Waals surface area contributed by atoms with Gasteiger partial charge in [-0.05, 0) is 32.0 Å². The van der Waals surface area contributed by atoms with Crippen molar-refractivity contribution in [3.63, 3.8) is 0 Å². The van der Waals surface area contributed by atoms with Crippen LogP contribution in [0, 0.1) is 0 Å². The van der Waals surface area contributed by atoms with Gasteiger partial charge in [-0.25, -0.2) is 0 Å². The van der Waals surface area contributed by atoms with Crippen LogP contribution in [-0.2, 0) is 14.3 Å². The molecule has 0 unspecified atom stereocenters. The van der Waals surface area contributed by atoms with Gasteiger partial charge < -0.3 is 24.8 Å². The van der Waals surface area contributed by atoms with Crippen LogP contribution in [0.25, 0.3) is 0 Å². The van der Waals surface area contributed by atoms with E-state index in [1.807, 2.05) is 0 Å². The lowest BCUT2D eigenvalue weighted by atomic mass is 10.2. The van der Waals surface area contributed by atoms with Gasteiger partial charge in [0.15, 0.2) is 17.6 Å². The Kier molecular flexibility index (Phi) is 5.40. The summed E-state index contributed by atoms with van der Waals surface area (Å²) in [4.78, 5) is 35.0. The number of amides is 2. The number of carbonyl (C=O) groups is 3. The minimum Gasteiger partial charge on any atom is -0.454 e. The second-order valence-corrected chi connectivity index (χ2v) is 4.78. The summed E-state index contributed by atoms with van der Waals surface area (Å²) in [5.74, 6) is -0.492. The van der Waals surface area contributed by atoms with Crippen molar-refractivity contribution in [3.05, 3.63) is 23.8 Å². The third-order valence-electron chi connectivity index (χ3n) is 3.06. The Labute approximate surface area is 133 Å². The number of carbonyl (C=O) groups excluding carboxylic acids is 3. The van der Waals surface area contributed by atoms with Crippen molar-refractivity contribution in [2.75, 3.05) is 19.9 Å². The molecule has 1 aliphatic heterocycles. The van der Waals surface area contributed by atoms with Crippen LogP contribution in [0.3, 0.4) is 0 Å². The minimum atomic E-state index is -0.912. The van der Waals surface area contributed by atoms with Crippen LogP contribution < -0.4 is 20.1 Å². The van der Waals surface area contributed by atoms with E-state index in [1.165, 1.54) is 13.0 Å². The van der Waals surface area contributed by atoms with Crippen LogP contribution in [0.1, 0.15) is 24.2 Å². The molecule has 1 aromatic carbocycles. The number of nitrogens with one attached hydrogen (secondary N) is 2. The molecule has 0 bridgehead atoms. The summed E-state index contributed by atoms with van der Waals surface area (Å²) >= 11 is 0. The second kappa shape index (κ2) is 7.48. The third-order valence-corrected chi connectivity index (χ3v) is 3.06. The van der Waals surface area contributed by atoms with Crippen LogP contribution in [0.15, 0.2) is 18.2 Å². The maximum Gasteiger partial charge on any atom is 0.326 e. The molecule has 0 aliphatic carbocycles. The predicted molar refractivity (Wildman–Crippen MR) is 79.1 cm³/mol. The van der Waals surface area contributed by atoms with Crippen molar-refractivity contribution in [2.24, 2.45) is 0 Å². The number of esters is 1. The minimum absolute atomic E-state index is 0.116. The molecule has 1 atom stereocenters. The Morgan fingerprint density at radius 1 is 1.22 bits per heavy atom. The van der Waals surface area contributed by atoms with E-state index in [-0.39, 0.29) is 19.2 Å². The second-order valence-electron chi connectivity index (χ2n) is 4.78. The van der Waals surface area contributed by atoms with E-state index >= 15 is 0 Å². The molecular weight excluding hydrogens is 304 g/mol. The largest absolute Gasteiger partial charge is 0.454 e. The standard InChI is InChI=1S/C15H18N2O6/c1-3-16-14(19)9(2)23-13(18)7-17-15(20)10-4-5-11-12(6-10)22-8-21-11/h4-6,9H,3,7-8H2,1-2H3,(H,16,19)(H,17,20)/t9-/m1/s1. The first-order chi connectivity index (χ1) is 11.0. The molecule has 0 radical (unpaired) electrons. The molecule has 8 heteroatoms. The Balaban J connectivity index is 1.82. The summed E-state index contributed by atoms with van der Waals surface area (Å²) in [6.07, 6.45) is -0.912. The lowest BCUT2D eigenvalue weighted by Gasteiger charge is -2.13. The Morgan fingerprint density at radius 2 is 1.96 bits per heavy atom. The average molecular weight is 322 g/mol. The van der Waals surface area contributed by atoms with Gasteiger partial charge in [-0.3, -0.25) is 14.4 Å². The maximum absolute atomic E-state index is 12.0. The number of benzene rings is 1. The van der Waals surface area contributed by atoms with E-state index < -0.39 is 18.0 Å². The van der Waals surface area contributed by atoms with Gasteiger partial charge in [0.1, 0.15) is 6.54 Å². The number of hydrogen-bond acceptors (Lipinski definition) is 6. The SMILES string of the molecule is CCNC(=O)[C@@H](C)OC(=O)CNC(=O)c1ccc2c(c1)OCO2. The van der Waals surface area contributed by atoms with E-state index in [2.05, 4.69) is 10.6 Å². The van der Waals surface area contributed by atoms with Crippen LogP contribution in [0.5, 0.6) is 11.5 Å². The van der Waals surface area contributed by atoms with Crippen LogP contribution >= 0.6 is 0 Å². The van der Waals surface area contributed by atoms with Crippen molar-refractivity contribution < 1.29 is 28.6 Å². The van der Waals surface area contributed by atoms with Crippen LogP contribution in [-0.4, -0.2) is 43.8 Å². The summed E-state index contributed by atoms with van der Waals surface area (Å²) in [6.45, 7) is 3.45. The normalized spacial score (nSPS) is 13.1. The van der Waals surface area contributed by atoms with Gasteiger partial charge in [-0.15, -0.1) is 0 Å². The van der Waals surface area contributed by atoms with Gasteiger partial charge in [-0.2, -0.15) is 0 Å². The van der Waals surface area contributed by atoms with Gasteiger partial charge in [0.05, 0.1) is 0 Å². The number of fused-ring (bicyclic) bond motifs is 1. The van der Waals surface area contributed by atoms with E-state index in [0.717, 1.165) is 0 Å². The molecule has 0 saturated heterocycles. The molecule has 1 heterocycles. The van der Waals surface area contributed by atoms with Gasteiger partial charge in [0.25, 0.3) is 11.8 Å². The number of hydrogen-bond donors (Lipinski definition) is 2. The van der Waals surface area contributed by atoms with E-state index in [0.29, 0.717) is 23.6 Å². The molecule has 1 aliphatic rings. The average Bonchev–Trinajstić information content (AvgIpc) is 3.00. The Hall–Kier alpha value is -2.77. The smallest absolute Gasteiger partial charge is 0.326 e. The number of rotatable bonds is 6. The highest BCUT2D eigenvalue weighted by Gasteiger charge is 2.19. The number of likely N-dealkylation sites (N-methyl/N-ethyl adjacent to an activating group) is 1. The van der Waals surface area contributed by atoms with E-state index in [1.54, 1.807) is 19.1 Å². The summed E-state index contributed by atoms with van der Waals surface area (Å²) in [7, 11) is 0. The summed E-state index contributed by atoms with van der Waals surface area (Å²) in [6, 6.07) is 4.71. The van der Waals surface area contributed by atoms with Gasteiger partial charge >= 0.3 is 5.97 Å². The summed E-state index contributed by atoms with van der Waals surface area (Å²) in [5, 5.41) is 4.96. The van der Waals surface area contributed by atoms with Crippen LogP contribution in [0.4, 0.5) is 0 Å². The highest BCUT2D eigenvalue weighted by Crippen LogP contribution is 2.32.